The first kappa shape index (κ1) is 13.0. The molecule has 0 bridgehead atoms. The van der Waals surface area contributed by atoms with Crippen molar-refractivity contribution in [2.24, 2.45) is 0 Å². The van der Waals surface area contributed by atoms with Gasteiger partial charge in [0.2, 0.25) is 0 Å². The lowest BCUT2D eigenvalue weighted by atomic mass is 10.1. The van der Waals surface area contributed by atoms with E-state index in [9.17, 15) is 15.0 Å². The fourth-order valence-corrected chi connectivity index (χ4v) is 2.14. The van der Waals surface area contributed by atoms with Crippen LogP contribution in [0.15, 0.2) is 24.7 Å². The molecule has 2 aromatic heterocycles. The summed E-state index contributed by atoms with van der Waals surface area (Å²) in [6.07, 6.45) is 2.62. The standard InChI is InChI=1S/C11H13N3O3S/c1-7(15)18-6-9(16)10(17)8-5-13-14-4-2-3-12-11(8)14/h2-5,9-10,16-17H,6H2,1H3. The molecule has 2 heterocycles. The summed E-state index contributed by atoms with van der Waals surface area (Å²) >= 11 is 0.974. The quantitative estimate of drug-likeness (QED) is 0.834. The van der Waals surface area contributed by atoms with Crippen LogP contribution >= 0.6 is 11.8 Å². The molecule has 0 saturated heterocycles. The molecule has 0 radical (unpaired) electrons. The summed E-state index contributed by atoms with van der Waals surface area (Å²) in [4.78, 5) is 14.9. The zero-order chi connectivity index (χ0) is 13.1. The minimum Gasteiger partial charge on any atom is -0.389 e. The number of nitrogens with zero attached hydrogens (tertiary/aromatic N) is 3. The van der Waals surface area contributed by atoms with Gasteiger partial charge in [-0.3, -0.25) is 4.79 Å². The van der Waals surface area contributed by atoms with E-state index in [1.54, 1.807) is 18.5 Å². The molecule has 0 aliphatic heterocycles. The highest BCUT2D eigenvalue weighted by Gasteiger charge is 2.23. The number of rotatable bonds is 4. The zero-order valence-electron chi connectivity index (χ0n) is 9.72. The first-order chi connectivity index (χ1) is 8.59. The topological polar surface area (TPSA) is 87.7 Å². The third-order valence-corrected chi connectivity index (χ3v) is 3.36. The Hall–Kier alpha value is -1.44. The molecule has 18 heavy (non-hydrogen) atoms. The highest BCUT2D eigenvalue weighted by atomic mass is 32.2. The van der Waals surface area contributed by atoms with E-state index in [0.29, 0.717) is 11.2 Å². The van der Waals surface area contributed by atoms with Crippen LogP contribution in [0.5, 0.6) is 0 Å². The van der Waals surface area contributed by atoms with Gasteiger partial charge in [-0.05, 0) is 6.07 Å². The molecule has 0 fully saturated rings. The summed E-state index contributed by atoms with van der Waals surface area (Å²) < 4.78 is 1.52. The van der Waals surface area contributed by atoms with Crippen LogP contribution in [0.3, 0.4) is 0 Å². The monoisotopic (exact) mass is 267 g/mol. The second-order valence-corrected chi connectivity index (χ2v) is 5.00. The van der Waals surface area contributed by atoms with Gasteiger partial charge in [0.25, 0.3) is 0 Å². The lowest BCUT2D eigenvalue weighted by Gasteiger charge is -2.15. The SMILES string of the molecule is CC(=O)SCC(O)C(O)c1cnn2cccnc12. The fraction of sp³-hybridized carbons (Fsp3) is 0.364. The van der Waals surface area contributed by atoms with Gasteiger partial charge in [0.1, 0.15) is 6.10 Å². The lowest BCUT2D eigenvalue weighted by Crippen LogP contribution is -2.21. The van der Waals surface area contributed by atoms with Crippen molar-refractivity contribution in [1.82, 2.24) is 14.6 Å². The van der Waals surface area contributed by atoms with E-state index in [1.165, 1.54) is 17.6 Å². The van der Waals surface area contributed by atoms with Crippen molar-refractivity contribution >= 4 is 22.5 Å². The normalized spacial score (nSPS) is 14.6. The average Bonchev–Trinajstić information content (AvgIpc) is 2.78. The van der Waals surface area contributed by atoms with E-state index < -0.39 is 12.2 Å². The molecule has 0 aliphatic rings. The minimum atomic E-state index is -1.11. The highest BCUT2D eigenvalue weighted by Crippen LogP contribution is 2.22. The highest BCUT2D eigenvalue weighted by molar-refractivity contribution is 8.13. The summed E-state index contributed by atoms with van der Waals surface area (Å²) in [5, 5.41) is 23.8. The fourth-order valence-electron chi connectivity index (χ4n) is 1.56. The van der Waals surface area contributed by atoms with Crippen molar-refractivity contribution < 1.29 is 15.0 Å². The van der Waals surface area contributed by atoms with Gasteiger partial charge in [-0.1, -0.05) is 11.8 Å². The maximum atomic E-state index is 10.8. The number of aliphatic hydroxyl groups is 2. The van der Waals surface area contributed by atoms with Crippen LogP contribution in [-0.2, 0) is 4.79 Å². The van der Waals surface area contributed by atoms with Gasteiger partial charge < -0.3 is 10.2 Å². The van der Waals surface area contributed by atoms with E-state index in [4.69, 9.17) is 0 Å². The van der Waals surface area contributed by atoms with Crippen LogP contribution < -0.4 is 0 Å². The van der Waals surface area contributed by atoms with Crippen LogP contribution in [-0.4, -0.2) is 41.8 Å². The Morgan fingerprint density at radius 2 is 2.33 bits per heavy atom. The van der Waals surface area contributed by atoms with Crippen molar-refractivity contribution in [3.05, 3.63) is 30.2 Å². The summed E-state index contributed by atoms with van der Waals surface area (Å²) in [6, 6.07) is 1.72. The second-order valence-electron chi connectivity index (χ2n) is 3.80. The molecular weight excluding hydrogens is 254 g/mol. The molecule has 0 saturated carbocycles. The number of fused-ring (bicyclic) bond motifs is 1. The third kappa shape index (κ3) is 2.69. The number of carbonyl (C=O) groups is 1. The Labute approximate surface area is 108 Å². The van der Waals surface area contributed by atoms with Gasteiger partial charge in [-0.25, -0.2) is 9.50 Å². The van der Waals surface area contributed by atoms with Crippen LogP contribution in [0.1, 0.15) is 18.6 Å². The van der Waals surface area contributed by atoms with E-state index in [0.717, 1.165) is 11.8 Å². The predicted molar refractivity (Wildman–Crippen MR) is 67.1 cm³/mol. The Morgan fingerprint density at radius 3 is 3.06 bits per heavy atom. The predicted octanol–water partition coefficient (Wildman–Crippen LogP) is 0.403. The molecule has 2 unspecified atom stereocenters. The van der Waals surface area contributed by atoms with E-state index in [2.05, 4.69) is 10.1 Å². The van der Waals surface area contributed by atoms with Gasteiger partial charge in [0.15, 0.2) is 10.8 Å². The van der Waals surface area contributed by atoms with Gasteiger partial charge >= 0.3 is 0 Å². The van der Waals surface area contributed by atoms with Crippen molar-refractivity contribution in [2.45, 2.75) is 19.1 Å². The Balaban J connectivity index is 2.17. The number of carbonyl (C=O) groups excluding carboxylic acids is 1. The summed E-state index contributed by atoms with van der Waals surface area (Å²) in [5.74, 6) is 0.140. The zero-order valence-corrected chi connectivity index (χ0v) is 10.5. The third-order valence-electron chi connectivity index (χ3n) is 2.45. The molecule has 96 valence electrons. The molecule has 0 aliphatic carbocycles. The van der Waals surface area contributed by atoms with Crippen LogP contribution in [0.4, 0.5) is 0 Å². The molecule has 7 heteroatoms. The molecule has 0 spiro atoms. The lowest BCUT2D eigenvalue weighted by molar-refractivity contribution is -0.109. The average molecular weight is 267 g/mol. The Morgan fingerprint density at radius 1 is 1.56 bits per heavy atom. The molecule has 2 aromatic rings. The number of hydrogen-bond donors (Lipinski definition) is 2. The van der Waals surface area contributed by atoms with E-state index in [-0.39, 0.29) is 10.9 Å². The minimum absolute atomic E-state index is 0.0979. The van der Waals surface area contributed by atoms with Crippen molar-refractivity contribution in [3.8, 4) is 0 Å². The molecular formula is C11H13N3O3S. The molecule has 2 atom stereocenters. The Kier molecular flexibility index (Phi) is 3.95. The van der Waals surface area contributed by atoms with Crippen molar-refractivity contribution in [3.63, 3.8) is 0 Å². The maximum Gasteiger partial charge on any atom is 0.185 e. The number of thioether (sulfide) groups is 1. The first-order valence-electron chi connectivity index (χ1n) is 5.37. The summed E-state index contributed by atoms with van der Waals surface area (Å²) in [6.45, 7) is 1.42. The van der Waals surface area contributed by atoms with Gasteiger partial charge in [0.05, 0.1) is 12.3 Å². The van der Waals surface area contributed by atoms with Gasteiger partial charge in [0, 0.05) is 30.6 Å². The molecule has 2 N–H and O–H groups in total. The van der Waals surface area contributed by atoms with Gasteiger partial charge in [-0.2, -0.15) is 5.10 Å². The number of aliphatic hydroxyl groups excluding tert-OH is 2. The van der Waals surface area contributed by atoms with E-state index >= 15 is 0 Å². The van der Waals surface area contributed by atoms with Gasteiger partial charge in [-0.15, -0.1) is 0 Å². The van der Waals surface area contributed by atoms with Crippen LogP contribution in [0.25, 0.3) is 5.65 Å². The summed E-state index contributed by atoms with van der Waals surface area (Å²) in [5.41, 5.74) is 0.948. The van der Waals surface area contributed by atoms with Crippen LogP contribution in [0, 0.1) is 0 Å². The Bertz CT molecular complexity index is 557. The van der Waals surface area contributed by atoms with Crippen molar-refractivity contribution in [2.75, 3.05) is 5.75 Å². The van der Waals surface area contributed by atoms with Crippen molar-refractivity contribution in [1.29, 1.82) is 0 Å². The number of aromatic nitrogens is 3. The van der Waals surface area contributed by atoms with E-state index in [1.807, 2.05) is 0 Å². The largest absolute Gasteiger partial charge is 0.389 e. The molecule has 6 nitrogen and oxygen atoms in total. The molecule has 0 aromatic carbocycles. The molecule has 2 rings (SSSR count). The number of hydrogen-bond acceptors (Lipinski definition) is 6. The maximum absolute atomic E-state index is 10.8. The summed E-state index contributed by atoms with van der Waals surface area (Å²) in [7, 11) is 0. The molecule has 0 amide bonds. The van der Waals surface area contributed by atoms with Crippen LogP contribution in [0.2, 0.25) is 0 Å². The second kappa shape index (κ2) is 5.47. The first-order valence-corrected chi connectivity index (χ1v) is 6.36. The smallest absolute Gasteiger partial charge is 0.185 e.